The largest absolute Gasteiger partial charge is 0.464 e. The van der Waals surface area contributed by atoms with Gasteiger partial charge in [-0.25, -0.2) is 9.18 Å². The van der Waals surface area contributed by atoms with Gasteiger partial charge >= 0.3 is 5.97 Å². The van der Waals surface area contributed by atoms with Crippen LogP contribution >= 0.6 is 0 Å². The fourth-order valence-corrected chi connectivity index (χ4v) is 2.62. The minimum atomic E-state index is -1.49. The number of nitro groups is 1. The smallest absolute Gasteiger partial charge is 0.335 e. The van der Waals surface area contributed by atoms with Crippen molar-refractivity contribution in [2.75, 3.05) is 6.61 Å². The summed E-state index contributed by atoms with van der Waals surface area (Å²) in [5, 5.41) is 21.6. The van der Waals surface area contributed by atoms with Crippen LogP contribution in [0.1, 0.15) is 24.0 Å². The average Bonchev–Trinajstić information content (AvgIpc) is 2.61. The molecule has 0 aliphatic rings. The number of carbonyl (C=O) groups excluding carboxylic acids is 1. The standard InChI is InChI=1S/C18H18FNO5/c1-2-25-18(22)17(21)15(12-6-4-3-5-7-12)10-13-8-9-14(19)11-16(13)20(23)24/h3-9,11,15,17,21H,2,10H2,1H3/t15-,17-/m1/s1. The third-order valence-corrected chi connectivity index (χ3v) is 3.82. The molecule has 6 nitrogen and oxygen atoms in total. The molecule has 0 aliphatic carbocycles. The van der Waals surface area contributed by atoms with Crippen molar-refractivity contribution in [2.45, 2.75) is 25.4 Å². The van der Waals surface area contributed by atoms with Gasteiger partial charge in [-0.1, -0.05) is 30.3 Å². The lowest BCUT2D eigenvalue weighted by atomic mass is 9.87. The molecule has 0 heterocycles. The molecule has 0 unspecified atom stereocenters. The van der Waals surface area contributed by atoms with E-state index in [1.165, 1.54) is 6.07 Å². The summed E-state index contributed by atoms with van der Waals surface area (Å²) in [6.45, 7) is 1.72. The zero-order chi connectivity index (χ0) is 18.4. The number of halogens is 1. The summed E-state index contributed by atoms with van der Waals surface area (Å²) >= 11 is 0. The Morgan fingerprint density at radius 3 is 2.56 bits per heavy atom. The van der Waals surface area contributed by atoms with Crippen molar-refractivity contribution >= 4 is 11.7 Å². The second-order valence-electron chi connectivity index (χ2n) is 5.45. The minimum absolute atomic E-state index is 0.0133. The molecule has 0 spiro atoms. The van der Waals surface area contributed by atoms with Crippen LogP contribution in [0.15, 0.2) is 48.5 Å². The van der Waals surface area contributed by atoms with Crippen molar-refractivity contribution in [1.29, 1.82) is 0 Å². The maximum Gasteiger partial charge on any atom is 0.335 e. The highest BCUT2D eigenvalue weighted by Crippen LogP contribution is 2.30. The summed E-state index contributed by atoms with van der Waals surface area (Å²) in [5.74, 6) is -2.29. The molecule has 25 heavy (non-hydrogen) atoms. The Balaban J connectivity index is 2.41. The first-order valence-corrected chi connectivity index (χ1v) is 7.76. The molecule has 2 aromatic carbocycles. The number of nitro benzene ring substituents is 1. The van der Waals surface area contributed by atoms with Crippen LogP contribution in [0.3, 0.4) is 0 Å². The number of hydrogen-bond donors (Lipinski definition) is 1. The predicted octanol–water partition coefficient (Wildman–Crippen LogP) is 2.98. The zero-order valence-corrected chi connectivity index (χ0v) is 13.6. The molecule has 0 bridgehead atoms. The van der Waals surface area contributed by atoms with E-state index in [1.54, 1.807) is 37.3 Å². The number of nitrogens with zero attached hydrogens (tertiary/aromatic N) is 1. The van der Waals surface area contributed by atoms with E-state index in [4.69, 9.17) is 4.74 Å². The second kappa shape index (κ2) is 8.34. The van der Waals surface area contributed by atoms with Gasteiger partial charge in [0.25, 0.3) is 5.69 Å². The Kier molecular flexibility index (Phi) is 6.19. The quantitative estimate of drug-likeness (QED) is 0.472. The molecular weight excluding hydrogens is 329 g/mol. The summed E-state index contributed by atoms with van der Waals surface area (Å²) in [6, 6.07) is 11.9. The molecular formula is C18H18FNO5. The van der Waals surface area contributed by atoms with Gasteiger partial charge < -0.3 is 9.84 Å². The van der Waals surface area contributed by atoms with Crippen LogP contribution < -0.4 is 0 Å². The van der Waals surface area contributed by atoms with Crippen molar-refractivity contribution in [2.24, 2.45) is 0 Å². The molecule has 132 valence electrons. The maximum atomic E-state index is 13.3. The van der Waals surface area contributed by atoms with Gasteiger partial charge in [0.05, 0.1) is 17.6 Å². The van der Waals surface area contributed by atoms with Crippen LogP contribution in [-0.4, -0.2) is 28.7 Å². The van der Waals surface area contributed by atoms with Gasteiger partial charge in [-0.05, 0) is 31.0 Å². The number of esters is 1. The van der Waals surface area contributed by atoms with Crippen LogP contribution in [0.5, 0.6) is 0 Å². The molecule has 0 fully saturated rings. The predicted molar refractivity (Wildman–Crippen MR) is 88.6 cm³/mol. The molecule has 0 radical (unpaired) electrons. The lowest BCUT2D eigenvalue weighted by Gasteiger charge is -2.22. The Labute approximate surface area is 144 Å². The summed E-state index contributed by atoms with van der Waals surface area (Å²) in [5.41, 5.74) is 0.460. The van der Waals surface area contributed by atoms with Crippen LogP contribution in [0.25, 0.3) is 0 Å². The Morgan fingerprint density at radius 1 is 1.28 bits per heavy atom. The highest BCUT2D eigenvalue weighted by Gasteiger charge is 2.31. The van der Waals surface area contributed by atoms with Gasteiger partial charge in [0.2, 0.25) is 0 Å². The Morgan fingerprint density at radius 2 is 1.96 bits per heavy atom. The van der Waals surface area contributed by atoms with Gasteiger partial charge in [0.15, 0.2) is 6.10 Å². The third kappa shape index (κ3) is 4.60. The van der Waals surface area contributed by atoms with E-state index in [2.05, 4.69) is 0 Å². The first kappa shape index (κ1) is 18.5. The van der Waals surface area contributed by atoms with Crippen LogP contribution in [0.2, 0.25) is 0 Å². The topological polar surface area (TPSA) is 89.7 Å². The van der Waals surface area contributed by atoms with Crippen LogP contribution in [0, 0.1) is 15.9 Å². The van der Waals surface area contributed by atoms with Crippen LogP contribution in [-0.2, 0) is 16.0 Å². The average molecular weight is 347 g/mol. The molecule has 0 amide bonds. The van der Waals surface area contributed by atoms with Crippen molar-refractivity contribution in [3.05, 3.63) is 75.6 Å². The lowest BCUT2D eigenvalue weighted by Crippen LogP contribution is -2.31. The molecule has 1 N–H and O–H groups in total. The number of rotatable bonds is 7. The molecule has 0 aromatic heterocycles. The summed E-state index contributed by atoms with van der Waals surface area (Å²) < 4.78 is 18.2. The highest BCUT2D eigenvalue weighted by atomic mass is 19.1. The maximum absolute atomic E-state index is 13.3. The first-order valence-electron chi connectivity index (χ1n) is 7.76. The van der Waals surface area contributed by atoms with E-state index in [0.717, 1.165) is 12.1 Å². The highest BCUT2D eigenvalue weighted by molar-refractivity contribution is 5.76. The van der Waals surface area contributed by atoms with Crippen molar-refractivity contribution in [1.82, 2.24) is 0 Å². The van der Waals surface area contributed by atoms with E-state index in [0.29, 0.717) is 5.56 Å². The number of ether oxygens (including phenoxy) is 1. The van der Waals surface area contributed by atoms with E-state index >= 15 is 0 Å². The van der Waals surface area contributed by atoms with Crippen molar-refractivity contribution in [3.8, 4) is 0 Å². The summed E-state index contributed by atoms with van der Waals surface area (Å²) in [4.78, 5) is 22.5. The molecule has 0 saturated carbocycles. The molecule has 7 heteroatoms. The van der Waals surface area contributed by atoms with E-state index in [9.17, 15) is 24.4 Å². The van der Waals surface area contributed by atoms with E-state index in [-0.39, 0.29) is 18.6 Å². The fourth-order valence-electron chi connectivity index (χ4n) is 2.62. The molecule has 2 atom stereocenters. The molecule has 2 aromatic rings. The molecule has 0 saturated heterocycles. The zero-order valence-electron chi connectivity index (χ0n) is 13.6. The van der Waals surface area contributed by atoms with E-state index < -0.39 is 34.4 Å². The molecule has 0 aliphatic heterocycles. The number of benzene rings is 2. The van der Waals surface area contributed by atoms with E-state index in [1.807, 2.05) is 0 Å². The van der Waals surface area contributed by atoms with Crippen molar-refractivity contribution < 1.29 is 24.0 Å². The molecule has 2 rings (SSSR count). The second-order valence-corrected chi connectivity index (χ2v) is 5.45. The van der Waals surface area contributed by atoms with Crippen molar-refractivity contribution in [3.63, 3.8) is 0 Å². The van der Waals surface area contributed by atoms with Gasteiger partial charge in [0.1, 0.15) is 5.82 Å². The lowest BCUT2D eigenvalue weighted by molar-refractivity contribution is -0.385. The van der Waals surface area contributed by atoms with Gasteiger partial charge in [0, 0.05) is 11.5 Å². The third-order valence-electron chi connectivity index (χ3n) is 3.82. The SMILES string of the molecule is CCOC(=O)[C@H](O)[C@H](Cc1ccc(F)cc1[N+](=O)[O-])c1ccccc1. The van der Waals surface area contributed by atoms with Gasteiger partial charge in [-0.3, -0.25) is 10.1 Å². The van der Waals surface area contributed by atoms with Gasteiger partial charge in [-0.15, -0.1) is 0 Å². The Hall–Kier alpha value is -2.80. The van der Waals surface area contributed by atoms with Crippen LogP contribution in [0.4, 0.5) is 10.1 Å². The number of carbonyl (C=O) groups is 1. The number of hydrogen-bond acceptors (Lipinski definition) is 5. The number of aliphatic hydroxyl groups is 1. The summed E-state index contributed by atoms with van der Waals surface area (Å²) in [6.07, 6.45) is -1.51. The monoisotopic (exact) mass is 347 g/mol. The summed E-state index contributed by atoms with van der Waals surface area (Å²) in [7, 11) is 0. The van der Waals surface area contributed by atoms with Gasteiger partial charge in [-0.2, -0.15) is 0 Å². The normalized spacial score (nSPS) is 13.1. The minimum Gasteiger partial charge on any atom is -0.464 e. The Bertz CT molecular complexity index is 750. The first-order chi connectivity index (χ1) is 11.9. The fraction of sp³-hybridized carbons (Fsp3) is 0.278. The number of aliphatic hydroxyl groups excluding tert-OH is 1.